The number of pyridine rings is 1. The molecule has 1 aromatic heterocycles. The summed E-state index contributed by atoms with van der Waals surface area (Å²) in [7, 11) is 3.48. The van der Waals surface area contributed by atoms with E-state index in [1.54, 1.807) is 31.3 Å². The molecule has 0 fully saturated rings. The van der Waals surface area contributed by atoms with Crippen LogP contribution in [0.15, 0.2) is 23.3 Å². The minimum Gasteiger partial charge on any atom is -0.444 e. The summed E-state index contributed by atoms with van der Waals surface area (Å²) in [6.07, 6.45) is 2.28. The van der Waals surface area contributed by atoms with Gasteiger partial charge in [-0.3, -0.25) is 4.99 Å². The molecular weight excluding hydrogens is 493 g/mol. The number of aliphatic imine (C=N–C) groups is 1. The highest BCUT2D eigenvalue weighted by atomic mass is 127. The fraction of sp³-hybridized carbons (Fsp3) is 0.632. The first kappa shape index (κ1) is 26.7. The molecule has 1 rings (SSSR count). The lowest BCUT2D eigenvalue weighted by Crippen LogP contribution is -2.43. The molecular formula is C19H33ClIN5O2. The van der Waals surface area contributed by atoms with Crippen molar-refractivity contribution in [2.45, 2.75) is 39.7 Å². The molecule has 0 saturated heterocycles. The Balaban J connectivity index is 0.00000729. The summed E-state index contributed by atoms with van der Waals surface area (Å²) in [6.45, 7) is 9.67. The van der Waals surface area contributed by atoms with Gasteiger partial charge in [0.2, 0.25) is 0 Å². The van der Waals surface area contributed by atoms with E-state index in [2.05, 4.69) is 27.5 Å². The summed E-state index contributed by atoms with van der Waals surface area (Å²) in [5.74, 6) is 0.963. The summed E-state index contributed by atoms with van der Waals surface area (Å²) >= 11 is 5.79. The fourth-order valence-electron chi connectivity index (χ4n) is 2.32. The van der Waals surface area contributed by atoms with Crippen molar-refractivity contribution in [3.63, 3.8) is 0 Å². The topological polar surface area (TPSA) is 78.9 Å². The number of halogens is 2. The zero-order valence-electron chi connectivity index (χ0n) is 17.6. The van der Waals surface area contributed by atoms with Gasteiger partial charge in [-0.1, -0.05) is 24.6 Å². The van der Waals surface area contributed by atoms with E-state index in [9.17, 15) is 4.79 Å². The van der Waals surface area contributed by atoms with Crippen LogP contribution in [0, 0.1) is 5.92 Å². The fourth-order valence-corrected chi connectivity index (χ4v) is 2.43. The first-order valence-electron chi connectivity index (χ1n) is 9.09. The minimum atomic E-state index is -0.488. The van der Waals surface area contributed by atoms with Crippen LogP contribution in [0.1, 0.15) is 33.3 Å². The van der Waals surface area contributed by atoms with Gasteiger partial charge >= 0.3 is 6.09 Å². The van der Waals surface area contributed by atoms with E-state index in [-0.39, 0.29) is 36.0 Å². The van der Waals surface area contributed by atoms with Crippen LogP contribution in [0.5, 0.6) is 0 Å². The molecule has 0 aromatic carbocycles. The lowest BCUT2D eigenvalue weighted by atomic mass is 10.1. The molecule has 1 aromatic rings. The molecule has 1 heterocycles. The Bertz CT molecular complexity index is 620. The van der Waals surface area contributed by atoms with Crippen LogP contribution >= 0.6 is 35.6 Å². The Morgan fingerprint density at radius 1 is 1.36 bits per heavy atom. The molecule has 1 amide bonds. The second-order valence-corrected chi connectivity index (χ2v) is 7.97. The van der Waals surface area contributed by atoms with E-state index < -0.39 is 5.60 Å². The standard InChI is InChI=1S/C19H32ClN5O2.HI/c1-14(13-25(6)18(26)27-19(2,3)4)11-24-17(21-5)22-10-9-15-7-8-16(20)23-12-15;/h7-8,12,14H,9-11,13H2,1-6H3,(H2,21,22,24);1H. The number of amides is 1. The van der Waals surface area contributed by atoms with Crippen LogP contribution in [-0.4, -0.2) is 61.3 Å². The number of nitrogens with zero attached hydrogens (tertiary/aromatic N) is 3. The van der Waals surface area contributed by atoms with Crippen LogP contribution in [0.3, 0.4) is 0 Å². The SMILES string of the molecule is CN=C(NCCc1ccc(Cl)nc1)NCC(C)CN(C)C(=O)OC(C)(C)C.I. The molecule has 0 radical (unpaired) electrons. The Morgan fingerprint density at radius 3 is 2.57 bits per heavy atom. The largest absolute Gasteiger partial charge is 0.444 e. The monoisotopic (exact) mass is 525 g/mol. The van der Waals surface area contributed by atoms with E-state index in [1.807, 2.05) is 26.8 Å². The number of ether oxygens (including phenoxy) is 1. The average Bonchev–Trinajstić information content (AvgIpc) is 2.58. The van der Waals surface area contributed by atoms with Gasteiger partial charge in [0.1, 0.15) is 10.8 Å². The van der Waals surface area contributed by atoms with Crippen LogP contribution in [-0.2, 0) is 11.2 Å². The number of hydrogen-bond acceptors (Lipinski definition) is 4. The Hall–Kier alpha value is -1.29. The molecule has 1 atom stereocenters. The number of rotatable bonds is 7. The van der Waals surface area contributed by atoms with Gasteiger partial charge < -0.3 is 20.3 Å². The van der Waals surface area contributed by atoms with Crippen LogP contribution < -0.4 is 10.6 Å². The normalized spacial score (nSPS) is 12.6. The number of nitrogens with one attached hydrogen (secondary N) is 2. The molecule has 7 nitrogen and oxygen atoms in total. The maximum atomic E-state index is 12.0. The van der Waals surface area contributed by atoms with Gasteiger partial charge in [-0.05, 0) is 44.7 Å². The molecule has 0 bridgehead atoms. The van der Waals surface area contributed by atoms with E-state index in [1.165, 1.54) is 0 Å². The summed E-state index contributed by atoms with van der Waals surface area (Å²) in [5.41, 5.74) is 0.619. The lowest BCUT2D eigenvalue weighted by Gasteiger charge is -2.26. The zero-order valence-corrected chi connectivity index (χ0v) is 20.7. The van der Waals surface area contributed by atoms with Crippen molar-refractivity contribution in [2.24, 2.45) is 10.9 Å². The molecule has 0 aliphatic carbocycles. The predicted molar refractivity (Wildman–Crippen MR) is 126 cm³/mol. The molecule has 28 heavy (non-hydrogen) atoms. The second kappa shape index (κ2) is 13.0. The average molecular weight is 526 g/mol. The number of carbonyl (C=O) groups is 1. The summed E-state index contributed by atoms with van der Waals surface area (Å²) in [5, 5.41) is 7.04. The highest BCUT2D eigenvalue weighted by Crippen LogP contribution is 2.10. The molecule has 0 aliphatic heterocycles. The zero-order chi connectivity index (χ0) is 20.4. The van der Waals surface area contributed by atoms with Gasteiger partial charge in [-0.25, -0.2) is 9.78 Å². The van der Waals surface area contributed by atoms with E-state index in [4.69, 9.17) is 16.3 Å². The van der Waals surface area contributed by atoms with Gasteiger partial charge in [0.05, 0.1) is 0 Å². The van der Waals surface area contributed by atoms with Crippen LogP contribution in [0.2, 0.25) is 5.15 Å². The number of hydrogen-bond donors (Lipinski definition) is 2. The highest BCUT2D eigenvalue weighted by Gasteiger charge is 2.20. The van der Waals surface area contributed by atoms with Gasteiger partial charge in [-0.2, -0.15) is 0 Å². The van der Waals surface area contributed by atoms with Crippen molar-refractivity contribution in [3.05, 3.63) is 29.0 Å². The molecule has 0 aliphatic rings. The van der Waals surface area contributed by atoms with Crippen molar-refractivity contribution in [3.8, 4) is 0 Å². The minimum absolute atomic E-state index is 0. The quantitative estimate of drug-likeness (QED) is 0.246. The van der Waals surface area contributed by atoms with E-state index >= 15 is 0 Å². The predicted octanol–water partition coefficient (Wildman–Crippen LogP) is 3.56. The Labute approximate surface area is 190 Å². The Kier molecular flexibility index (Phi) is 12.4. The second-order valence-electron chi connectivity index (χ2n) is 7.59. The maximum Gasteiger partial charge on any atom is 0.410 e. The van der Waals surface area contributed by atoms with Crippen LogP contribution in [0.4, 0.5) is 4.79 Å². The third-order valence-electron chi connectivity index (χ3n) is 3.63. The smallest absolute Gasteiger partial charge is 0.410 e. The molecule has 160 valence electrons. The van der Waals surface area contributed by atoms with Gasteiger partial charge in [-0.15, -0.1) is 24.0 Å². The van der Waals surface area contributed by atoms with Crippen molar-refractivity contribution in [1.82, 2.24) is 20.5 Å². The molecule has 1 unspecified atom stereocenters. The number of guanidine groups is 1. The van der Waals surface area contributed by atoms with Crippen molar-refractivity contribution in [1.29, 1.82) is 0 Å². The van der Waals surface area contributed by atoms with Gasteiger partial charge in [0.25, 0.3) is 0 Å². The number of aromatic nitrogens is 1. The summed E-state index contributed by atoms with van der Waals surface area (Å²) < 4.78 is 5.37. The third kappa shape index (κ3) is 11.5. The first-order chi connectivity index (χ1) is 12.6. The summed E-state index contributed by atoms with van der Waals surface area (Å²) in [4.78, 5) is 21.9. The molecule has 9 heteroatoms. The highest BCUT2D eigenvalue weighted by molar-refractivity contribution is 14.0. The molecule has 0 saturated carbocycles. The van der Waals surface area contributed by atoms with Crippen molar-refractivity contribution in [2.75, 3.05) is 33.7 Å². The lowest BCUT2D eigenvalue weighted by molar-refractivity contribution is 0.0278. The first-order valence-corrected chi connectivity index (χ1v) is 9.47. The van der Waals surface area contributed by atoms with Gasteiger partial charge in [0.15, 0.2) is 5.96 Å². The van der Waals surface area contributed by atoms with Crippen molar-refractivity contribution < 1.29 is 9.53 Å². The van der Waals surface area contributed by atoms with E-state index in [0.717, 1.165) is 24.5 Å². The van der Waals surface area contributed by atoms with Crippen LogP contribution in [0.25, 0.3) is 0 Å². The molecule has 0 spiro atoms. The van der Waals surface area contributed by atoms with E-state index in [0.29, 0.717) is 18.2 Å². The van der Waals surface area contributed by atoms with Gasteiger partial charge in [0, 0.05) is 39.9 Å². The van der Waals surface area contributed by atoms with Crippen molar-refractivity contribution >= 4 is 47.6 Å². The maximum absolute atomic E-state index is 12.0. The third-order valence-corrected chi connectivity index (χ3v) is 3.85. The number of carbonyl (C=O) groups excluding carboxylic acids is 1. The summed E-state index contributed by atoms with van der Waals surface area (Å²) in [6, 6.07) is 3.74. The Morgan fingerprint density at radius 2 is 2.04 bits per heavy atom. The molecule has 2 N–H and O–H groups in total.